The van der Waals surface area contributed by atoms with Crippen LogP contribution < -0.4 is 11.1 Å². The first-order valence-electron chi connectivity index (χ1n) is 10.3. The van der Waals surface area contributed by atoms with Crippen LogP contribution in [0.2, 0.25) is 0 Å². The van der Waals surface area contributed by atoms with E-state index in [1.165, 1.54) is 16.8 Å². The van der Waals surface area contributed by atoms with E-state index in [1.807, 2.05) is 31.2 Å². The first kappa shape index (κ1) is 19.4. The van der Waals surface area contributed by atoms with E-state index in [2.05, 4.69) is 15.4 Å². The molecule has 4 aromatic rings. The number of nitrogen functional groups attached to an aromatic ring is 1. The van der Waals surface area contributed by atoms with Crippen LogP contribution in [0.5, 0.6) is 0 Å². The van der Waals surface area contributed by atoms with E-state index in [9.17, 15) is 4.39 Å². The second kappa shape index (κ2) is 7.96. The lowest BCUT2D eigenvalue weighted by molar-refractivity contribution is 0.120. The molecule has 2 aromatic heterocycles. The van der Waals surface area contributed by atoms with Crippen molar-refractivity contribution in [3.8, 4) is 16.9 Å². The zero-order valence-corrected chi connectivity index (χ0v) is 17.2. The molecule has 5 rings (SSSR count). The number of benzene rings is 2. The Morgan fingerprint density at radius 2 is 2.06 bits per heavy atom. The summed E-state index contributed by atoms with van der Waals surface area (Å²) in [5, 5.41) is 8.50. The molecule has 7 nitrogen and oxygen atoms in total. The van der Waals surface area contributed by atoms with Crippen molar-refractivity contribution >= 4 is 22.8 Å². The monoisotopic (exact) mass is 418 g/mol. The lowest BCUT2D eigenvalue weighted by Gasteiger charge is -2.12. The van der Waals surface area contributed by atoms with E-state index in [0.29, 0.717) is 40.7 Å². The molecule has 3 N–H and O–H groups in total. The van der Waals surface area contributed by atoms with Gasteiger partial charge in [-0.05, 0) is 44.0 Å². The molecule has 2 aromatic carbocycles. The highest BCUT2D eigenvalue weighted by Gasteiger charge is 2.21. The molecule has 31 heavy (non-hydrogen) atoms. The molecule has 1 atom stereocenters. The largest absolute Gasteiger partial charge is 0.383 e. The summed E-state index contributed by atoms with van der Waals surface area (Å²) in [6.45, 7) is 3.44. The van der Waals surface area contributed by atoms with Crippen molar-refractivity contribution in [3.63, 3.8) is 0 Å². The summed E-state index contributed by atoms with van der Waals surface area (Å²) in [6.07, 6.45) is 2.23. The SMILES string of the molecule is Cc1cccc(-c2nc(NC[C@@H]3CCCO3)nc3nn(-c4cccc(F)c4)c(N)c23)c1. The Balaban J connectivity index is 1.64. The van der Waals surface area contributed by atoms with E-state index in [4.69, 9.17) is 15.5 Å². The van der Waals surface area contributed by atoms with Gasteiger partial charge in [0.05, 0.1) is 22.9 Å². The Morgan fingerprint density at radius 1 is 1.19 bits per heavy atom. The van der Waals surface area contributed by atoms with Gasteiger partial charge < -0.3 is 15.8 Å². The van der Waals surface area contributed by atoms with Crippen molar-refractivity contribution in [2.45, 2.75) is 25.9 Å². The molecule has 1 aliphatic heterocycles. The van der Waals surface area contributed by atoms with Crippen LogP contribution in [0.3, 0.4) is 0 Å². The fourth-order valence-corrected chi connectivity index (χ4v) is 3.91. The first-order chi connectivity index (χ1) is 15.1. The third-order valence-corrected chi connectivity index (χ3v) is 5.43. The predicted octanol–water partition coefficient (Wildman–Crippen LogP) is 4.10. The van der Waals surface area contributed by atoms with Gasteiger partial charge in [0, 0.05) is 18.7 Å². The van der Waals surface area contributed by atoms with Gasteiger partial charge in [-0.2, -0.15) is 4.98 Å². The van der Waals surface area contributed by atoms with E-state index in [1.54, 1.807) is 12.1 Å². The number of anilines is 2. The zero-order valence-electron chi connectivity index (χ0n) is 17.2. The summed E-state index contributed by atoms with van der Waals surface area (Å²) < 4.78 is 21.0. The highest BCUT2D eigenvalue weighted by atomic mass is 19.1. The fourth-order valence-electron chi connectivity index (χ4n) is 3.91. The van der Waals surface area contributed by atoms with Gasteiger partial charge in [-0.1, -0.05) is 29.8 Å². The molecule has 1 aliphatic rings. The summed E-state index contributed by atoms with van der Waals surface area (Å²) in [4.78, 5) is 9.36. The average molecular weight is 418 g/mol. The normalized spacial score (nSPS) is 16.1. The number of nitrogens with one attached hydrogen (secondary N) is 1. The molecule has 1 fully saturated rings. The van der Waals surface area contributed by atoms with Gasteiger partial charge >= 0.3 is 0 Å². The summed E-state index contributed by atoms with van der Waals surface area (Å²) in [6, 6.07) is 14.2. The van der Waals surface area contributed by atoms with E-state index < -0.39 is 0 Å². The first-order valence-corrected chi connectivity index (χ1v) is 10.3. The highest BCUT2D eigenvalue weighted by molar-refractivity contribution is 5.99. The molecule has 0 aliphatic carbocycles. The minimum atomic E-state index is -0.361. The number of nitrogens with zero attached hydrogens (tertiary/aromatic N) is 4. The Morgan fingerprint density at radius 3 is 2.84 bits per heavy atom. The maximum atomic E-state index is 13.8. The second-order valence-electron chi connectivity index (χ2n) is 7.76. The van der Waals surface area contributed by atoms with Crippen LogP contribution in [0.4, 0.5) is 16.2 Å². The van der Waals surface area contributed by atoms with Gasteiger partial charge in [0.1, 0.15) is 11.6 Å². The number of ether oxygens (including phenoxy) is 1. The molecule has 0 bridgehead atoms. The molecule has 158 valence electrons. The van der Waals surface area contributed by atoms with E-state index in [-0.39, 0.29) is 11.9 Å². The van der Waals surface area contributed by atoms with Crippen LogP contribution in [-0.4, -0.2) is 39.0 Å². The van der Waals surface area contributed by atoms with Crippen LogP contribution in [0.25, 0.3) is 28.0 Å². The molecule has 0 amide bonds. The van der Waals surface area contributed by atoms with Crippen molar-refractivity contribution < 1.29 is 9.13 Å². The lowest BCUT2D eigenvalue weighted by atomic mass is 10.1. The summed E-state index contributed by atoms with van der Waals surface area (Å²) in [5.74, 6) is 0.464. The van der Waals surface area contributed by atoms with Crippen LogP contribution in [0.15, 0.2) is 48.5 Å². The van der Waals surface area contributed by atoms with E-state index >= 15 is 0 Å². The Kier molecular flexibility index (Phi) is 4.99. The minimum absolute atomic E-state index is 0.150. The average Bonchev–Trinajstić information content (AvgIpc) is 3.40. The number of nitrogens with two attached hydrogens (primary N) is 1. The topological polar surface area (TPSA) is 90.9 Å². The maximum Gasteiger partial charge on any atom is 0.225 e. The standard InChI is InChI=1S/C23H23FN6O/c1-14-5-2-6-15(11-14)20-19-21(25)30(17-8-3-7-16(24)12-17)29-22(19)28-23(27-20)26-13-18-9-4-10-31-18/h2-3,5-8,11-12,18H,4,9-10,13,25H2,1H3,(H,26,28,29)/t18-/m0/s1. The summed E-state index contributed by atoms with van der Waals surface area (Å²) in [7, 11) is 0. The molecule has 8 heteroatoms. The number of aromatic nitrogens is 4. The Bertz CT molecular complexity index is 1250. The van der Waals surface area contributed by atoms with Crippen molar-refractivity contribution in [1.29, 1.82) is 0 Å². The molecule has 3 heterocycles. The van der Waals surface area contributed by atoms with Gasteiger partial charge in [0.2, 0.25) is 5.95 Å². The van der Waals surface area contributed by atoms with Gasteiger partial charge in [-0.3, -0.25) is 0 Å². The second-order valence-corrected chi connectivity index (χ2v) is 7.76. The van der Waals surface area contributed by atoms with Crippen molar-refractivity contribution in [3.05, 3.63) is 59.9 Å². The van der Waals surface area contributed by atoms with Gasteiger partial charge in [0.25, 0.3) is 0 Å². The van der Waals surface area contributed by atoms with Crippen molar-refractivity contribution in [2.24, 2.45) is 0 Å². The van der Waals surface area contributed by atoms with Crippen molar-refractivity contribution in [2.75, 3.05) is 24.2 Å². The minimum Gasteiger partial charge on any atom is -0.383 e. The smallest absolute Gasteiger partial charge is 0.225 e. The molecular weight excluding hydrogens is 395 g/mol. The van der Waals surface area contributed by atoms with Gasteiger partial charge in [-0.25, -0.2) is 14.1 Å². The number of rotatable bonds is 5. The molecular formula is C23H23FN6O. The third kappa shape index (κ3) is 3.82. The van der Waals surface area contributed by atoms with Crippen molar-refractivity contribution in [1.82, 2.24) is 19.7 Å². The van der Waals surface area contributed by atoms with Crippen LogP contribution >= 0.6 is 0 Å². The number of hydrogen-bond acceptors (Lipinski definition) is 6. The maximum absolute atomic E-state index is 13.8. The number of hydrogen-bond donors (Lipinski definition) is 2. The number of fused-ring (bicyclic) bond motifs is 1. The molecule has 1 saturated heterocycles. The van der Waals surface area contributed by atoms with Crippen LogP contribution in [-0.2, 0) is 4.74 Å². The third-order valence-electron chi connectivity index (χ3n) is 5.43. The fraction of sp³-hybridized carbons (Fsp3) is 0.261. The van der Waals surface area contributed by atoms with Gasteiger partial charge in [0.15, 0.2) is 5.65 Å². The molecule has 0 unspecified atom stereocenters. The van der Waals surface area contributed by atoms with Gasteiger partial charge in [-0.15, -0.1) is 5.10 Å². The summed E-state index contributed by atoms with van der Waals surface area (Å²) in [5.41, 5.74) is 10.2. The molecule has 0 spiro atoms. The number of halogens is 1. The zero-order chi connectivity index (χ0) is 21.4. The lowest BCUT2D eigenvalue weighted by Crippen LogP contribution is -2.19. The predicted molar refractivity (Wildman–Crippen MR) is 119 cm³/mol. The van der Waals surface area contributed by atoms with E-state index in [0.717, 1.165) is 30.6 Å². The molecule has 0 radical (unpaired) electrons. The number of aryl methyl sites for hydroxylation is 1. The highest BCUT2D eigenvalue weighted by Crippen LogP contribution is 2.33. The molecule has 0 saturated carbocycles. The van der Waals surface area contributed by atoms with Crippen LogP contribution in [0, 0.1) is 12.7 Å². The Hall–Kier alpha value is -3.52. The quantitative estimate of drug-likeness (QED) is 0.507. The summed E-state index contributed by atoms with van der Waals surface area (Å²) >= 11 is 0. The Labute approximate surface area is 179 Å². The van der Waals surface area contributed by atoms with Crippen LogP contribution in [0.1, 0.15) is 18.4 Å².